The van der Waals surface area contributed by atoms with Crippen molar-refractivity contribution in [3.63, 3.8) is 0 Å². The lowest BCUT2D eigenvalue weighted by atomic mass is 9.75. The van der Waals surface area contributed by atoms with Gasteiger partial charge in [-0.1, -0.05) is 31.2 Å². The number of aryl methyl sites for hydroxylation is 2. The molecule has 2 heteroatoms. The average molecular weight is 254 g/mol. The zero-order valence-corrected chi connectivity index (χ0v) is 11.3. The standard InChI is InChI=1S/C17H18O2/c1-11-5-3-7-13(18)15(11)17(2)10-9-12-6-4-8-14(19)16(12)17/h3-8,18-19H,9-10H2,1-2H3/t17-/m0/s1. The molecule has 0 heterocycles. The summed E-state index contributed by atoms with van der Waals surface area (Å²) >= 11 is 0. The van der Waals surface area contributed by atoms with Gasteiger partial charge >= 0.3 is 0 Å². The van der Waals surface area contributed by atoms with Crippen molar-refractivity contribution >= 4 is 0 Å². The van der Waals surface area contributed by atoms with Crippen molar-refractivity contribution in [1.82, 2.24) is 0 Å². The predicted molar refractivity (Wildman–Crippen MR) is 75.7 cm³/mol. The summed E-state index contributed by atoms with van der Waals surface area (Å²) in [6.07, 6.45) is 1.85. The fraction of sp³-hybridized carbons (Fsp3) is 0.294. The molecule has 0 aliphatic heterocycles. The van der Waals surface area contributed by atoms with Crippen LogP contribution in [0.15, 0.2) is 36.4 Å². The molecule has 0 aromatic heterocycles. The largest absolute Gasteiger partial charge is 0.508 e. The second kappa shape index (κ2) is 4.02. The minimum absolute atomic E-state index is 0.309. The summed E-state index contributed by atoms with van der Waals surface area (Å²) in [6.45, 7) is 4.12. The smallest absolute Gasteiger partial charge is 0.119 e. The average Bonchev–Trinajstić information content (AvgIpc) is 2.69. The molecular formula is C17H18O2. The van der Waals surface area contributed by atoms with Crippen LogP contribution in [-0.2, 0) is 11.8 Å². The Hall–Kier alpha value is -1.96. The van der Waals surface area contributed by atoms with E-state index >= 15 is 0 Å². The van der Waals surface area contributed by atoms with E-state index in [-0.39, 0.29) is 5.41 Å². The third-order valence-corrected chi connectivity index (χ3v) is 4.38. The maximum absolute atomic E-state index is 10.3. The molecule has 19 heavy (non-hydrogen) atoms. The molecule has 1 atom stereocenters. The van der Waals surface area contributed by atoms with Gasteiger partial charge in [0.2, 0.25) is 0 Å². The number of fused-ring (bicyclic) bond motifs is 1. The lowest BCUT2D eigenvalue weighted by Crippen LogP contribution is -2.21. The number of phenolic OH excluding ortho intramolecular Hbond substituents is 2. The van der Waals surface area contributed by atoms with E-state index in [1.807, 2.05) is 25.1 Å². The summed E-state index contributed by atoms with van der Waals surface area (Å²) in [6, 6.07) is 11.3. The number of hydrogen-bond acceptors (Lipinski definition) is 2. The molecule has 0 unspecified atom stereocenters. The van der Waals surface area contributed by atoms with Crippen LogP contribution in [0.1, 0.15) is 35.6 Å². The van der Waals surface area contributed by atoms with E-state index in [1.54, 1.807) is 12.1 Å². The van der Waals surface area contributed by atoms with Crippen LogP contribution in [0, 0.1) is 6.92 Å². The Morgan fingerprint density at radius 3 is 2.26 bits per heavy atom. The molecule has 98 valence electrons. The fourth-order valence-electron chi connectivity index (χ4n) is 3.56. The van der Waals surface area contributed by atoms with E-state index < -0.39 is 0 Å². The molecule has 2 aromatic rings. The molecule has 0 amide bonds. The molecule has 3 rings (SSSR count). The summed E-state index contributed by atoms with van der Waals surface area (Å²) in [4.78, 5) is 0. The Morgan fingerprint density at radius 2 is 1.58 bits per heavy atom. The van der Waals surface area contributed by atoms with Gasteiger partial charge in [-0.3, -0.25) is 0 Å². The van der Waals surface area contributed by atoms with Crippen LogP contribution < -0.4 is 0 Å². The second-order valence-electron chi connectivity index (χ2n) is 5.61. The van der Waals surface area contributed by atoms with Gasteiger partial charge in [0, 0.05) is 16.5 Å². The maximum Gasteiger partial charge on any atom is 0.119 e. The third kappa shape index (κ3) is 1.63. The Kier molecular flexibility index (Phi) is 2.56. The van der Waals surface area contributed by atoms with Crippen LogP contribution in [0.5, 0.6) is 11.5 Å². The molecular weight excluding hydrogens is 236 g/mol. The molecule has 2 aromatic carbocycles. The van der Waals surface area contributed by atoms with Crippen molar-refractivity contribution in [3.8, 4) is 11.5 Å². The summed E-state index contributed by atoms with van der Waals surface area (Å²) in [5.74, 6) is 0.652. The van der Waals surface area contributed by atoms with Crippen molar-refractivity contribution in [2.45, 2.75) is 32.1 Å². The number of rotatable bonds is 1. The van der Waals surface area contributed by atoms with Crippen LogP contribution in [-0.4, -0.2) is 10.2 Å². The van der Waals surface area contributed by atoms with Gasteiger partial charge in [0.05, 0.1) is 0 Å². The summed E-state index contributed by atoms with van der Waals surface area (Å²) < 4.78 is 0. The quantitative estimate of drug-likeness (QED) is 0.815. The van der Waals surface area contributed by atoms with Crippen molar-refractivity contribution in [2.24, 2.45) is 0 Å². The first-order chi connectivity index (χ1) is 9.04. The van der Waals surface area contributed by atoms with E-state index in [4.69, 9.17) is 0 Å². The Balaban J connectivity index is 2.28. The fourth-order valence-corrected chi connectivity index (χ4v) is 3.56. The van der Waals surface area contributed by atoms with E-state index in [0.29, 0.717) is 11.5 Å². The second-order valence-corrected chi connectivity index (χ2v) is 5.61. The predicted octanol–water partition coefficient (Wildman–Crippen LogP) is 3.66. The van der Waals surface area contributed by atoms with Crippen molar-refractivity contribution in [1.29, 1.82) is 0 Å². The number of phenols is 2. The number of aromatic hydroxyl groups is 2. The Morgan fingerprint density at radius 1 is 0.947 bits per heavy atom. The van der Waals surface area contributed by atoms with Crippen LogP contribution in [0.4, 0.5) is 0 Å². The highest BCUT2D eigenvalue weighted by Crippen LogP contribution is 2.50. The monoisotopic (exact) mass is 254 g/mol. The Bertz CT molecular complexity index is 625. The van der Waals surface area contributed by atoms with Gasteiger partial charge in [-0.15, -0.1) is 0 Å². The zero-order valence-electron chi connectivity index (χ0n) is 11.3. The molecule has 0 fully saturated rings. The van der Waals surface area contributed by atoms with Crippen molar-refractivity contribution < 1.29 is 10.2 Å². The molecule has 1 aliphatic rings. The van der Waals surface area contributed by atoms with Crippen molar-refractivity contribution in [2.75, 3.05) is 0 Å². The van der Waals surface area contributed by atoms with Gasteiger partial charge in [-0.05, 0) is 43.0 Å². The van der Waals surface area contributed by atoms with Crippen LogP contribution in [0.25, 0.3) is 0 Å². The lowest BCUT2D eigenvalue weighted by molar-refractivity contribution is 0.426. The summed E-state index contributed by atoms with van der Waals surface area (Å²) in [5.41, 5.74) is 3.86. The van der Waals surface area contributed by atoms with Gasteiger partial charge in [-0.2, -0.15) is 0 Å². The molecule has 0 spiro atoms. The topological polar surface area (TPSA) is 40.5 Å². The summed E-state index contributed by atoms with van der Waals surface area (Å²) in [5, 5.41) is 20.5. The highest BCUT2D eigenvalue weighted by molar-refractivity contribution is 5.58. The highest BCUT2D eigenvalue weighted by Gasteiger charge is 2.40. The Labute approximate surface area is 113 Å². The molecule has 0 radical (unpaired) electrons. The third-order valence-electron chi connectivity index (χ3n) is 4.38. The zero-order chi connectivity index (χ0) is 13.6. The molecule has 2 N–H and O–H groups in total. The van der Waals surface area contributed by atoms with Gasteiger partial charge in [0.25, 0.3) is 0 Å². The van der Waals surface area contributed by atoms with Gasteiger partial charge < -0.3 is 10.2 Å². The molecule has 0 saturated heterocycles. The van der Waals surface area contributed by atoms with Crippen LogP contribution in [0.2, 0.25) is 0 Å². The molecule has 0 bridgehead atoms. The van der Waals surface area contributed by atoms with Gasteiger partial charge in [0.15, 0.2) is 0 Å². The lowest BCUT2D eigenvalue weighted by Gasteiger charge is -2.29. The first kappa shape index (κ1) is 12.1. The van der Waals surface area contributed by atoms with E-state index in [0.717, 1.165) is 29.5 Å². The molecule has 2 nitrogen and oxygen atoms in total. The van der Waals surface area contributed by atoms with Crippen LogP contribution >= 0.6 is 0 Å². The summed E-state index contributed by atoms with van der Waals surface area (Å²) in [7, 11) is 0. The van der Waals surface area contributed by atoms with Gasteiger partial charge in [-0.25, -0.2) is 0 Å². The number of benzene rings is 2. The first-order valence-corrected chi connectivity index (χ1v) is 6.64. The number of hydrogen-bond donors (Lipinski definition) is 2. The van der Waals surface area contributed by atoms with E-state index in [9.17, 15) is 10.2 Å². The SMILES string of the molecule is Cc1cccc(O)c1[C@]1(C)CCc2cccc(O)c21. The first-order valence-electron chi connectivity index (χ1n) is 6.64. The maximum atomic E-state index is 10.3. The molecule has 0 saturated carbocycles. The normalized spacial score (nSPS) is 21.4. The van der Waals surface area contributed by atoms with Crippen LogP contribution in [0.3, 0.4) is 0 Å². The van der Waals surface area contributed by atoms with Gasteiger partial charge in [0.1, 0.15) is 11.5 Å². The van der Waals surface area contributed by atoms with E-state index in [1.165, 1.54) is 5.56 Å². The molecule has 1 aliphatic carbocycles. The highest BCUT2D eigenvalue weighted by atomic mass is 16.3. The van der Waals surface area contributed by atoms with E-state index in [2.05, 4.69) is 13.0 Å². The minimum Gasteiger partial charge on any atom is -0.508 e. The minimum atomic E-state index is -0.309. The van der Waals surface area contributed by atoms with Crippen molar-refractivity contribution in [3.05, 3.63) is 58.7 Å².